The van der Waals surface area contributed by atoms with Gasteiger partial charge in [-0.3, -0.25) is 4.79 Å². The maximum absolute atomic E-state index is 10.6. The zero-order chi connectivity index (χ0) is 16.6. The number of rotatable bonds is 15. The molecule has 130 valence electrons. The SMILES string of the molecule is CC(=O)NCCOCCOCCOCC(C)COCC(=O)O. The van der Waals surface area contributed by atoms with Crippen LogP contribution in [0.15, 0.2) is 0 Å². The van der Waals surface area contributed by atoms with Crippen LogP contribution in [0.4, 0.5) is 0 Å². The van der Waals surface area contributed by atoms with Gasteiger partial charge in [0.15, 0.2) is 0 Å². The van der Waals surface area contributed by atoms with Gasteiger partial charge in [0.2, 0.25) is 5.91 Å². The number of carbonyl (C=O) groups is 2. The van der Waals surface area contributed by atoms with Crippen molar-refractivity contribution in [2.45, 2.75) is 13.8 Å². The van der Waals surface area contributed by atoms with E-state index in [1.807, 2.05) is 6.92 Å². The van der Waals surface area contributed by atoms with Crippen molar-refractivity contribution in [1.82, 2.24) is 5.32 Å². The van der Waals surface area contributed by atoms with Gasteiger partial charge in [-0.05, 0) is 0 Å². The van der Waals surface area contributed by atoms with Gasteiger partial charge in [0.25, 0.3) is 0 Å². The van der Waals surface area contributed by atoms with Crippen LogP contribution in [0.5, 0.6) is 0 Å². The fourth-order valence-electron chi connectivity index (χ4n) is 1.42. The first kappa shape index (κ1) is 20.8. The van der Waals surface area contributed by atoms with Crippen LogP contribution in [0, 0.1) is 5.92 Å². The number of hydrogen-bond donors (Lipinski definition) is 2. The molecule has 0 saturated heterocycles. The van der Waals surface area contributed by atoms with Gasteiger partial charge < -0.3 is 29.4 Å². The van der Waals surface area contributed by atoms with E-state index in [1.165, 1.54) is 6.92 Å². The van der Waals surface area contributed by atoms with E-state index < -0.39 is 5.97 Å². The molecule has 0 bridgehead atoms. The second-order valence-electron chi connectivity index (χ2n) is 4.80. The summed E-state index contributed by atoms with van der Waals surface area (Å²) in [5.74, 6) is -0.906. The van der Waals surface area contributed by atoms with Crippen LogP contribution in [-0.4, -0.2) is 76.4 Å². The van der Waals surface area contributed by atoms with Crippen LogP contribution in [0.1, 0.15) is 13.8 Å². The summed E-state index contributed by atoms with van der Waals surface area (Å²) in [5.41, 5.74) is 0. The van der Waals surface area contributed by atoms with E-state index in [0.717, 1.165) is 0 Å². The molecule has 0 spiro atoms. The summed E-state index contributed by atoms with van der Waals surface area (Å²) in [6, 6.07) is 0. The molecule has 2 N–H and O–H groups in total. The monoisotopic (exact) mass is 321 g/mol. The highest BCUT2D eigenvalue weighted by atomic mass is 16.5. The van der Waals surface area contributed by atoms with Crippen molar-refractivity contribution >= 4 is 11.9 Å². The van der Waals surface area contributed by atoms with E-state index in [2.05, 4.69) is 5.32 Å². The van der Waals surface area contributed by atoms with Gasteiger partial charge >= 0.3 is 5.97 Å². The van der Waals surface area contributed by atoms with Crippen LogP contribution in [0.3, 0.4) is 0 Å². The summed E-state index contributed by atoms with van der Waals surface area (Å²) >= 11 is 0. The van der Waals surface area contributed by atoms with E-state index in [-0.39, 0.29) is 18.4 Å². The third-order valence-corrected chi connectivity index (χ3v) is 2.39. The lowest BCUT2D eigenvalue weighted by molar-refractivity contribution is -0.142. The Morgan fingerprint density at radius 1 is 0.955 bits per heavy atom. The zero-order valence-corrected chi connectivity index (χ0v) is 13.3. The quantitative estimate of drug-likeness (QED) is 0.406. The number of carboxylic acid groups (broad SMARTS) is 1. The van der Waals surface area contributed by atoms with Crippen molar-refractivity contribution in [1.29, 1.82) is 0 Å². The Kier molecular flexibility index (Phi) is 13.9. The normalized spacial score (nSPS) is 12.1. The van der Waals surface area contributed by atoms with Crippen molar-refractivity contribution < 1.29 is 33.6 Å². The standard InChI is InChI=1S/C14H27NO7/c1-12(10-22-11-14(17)18)9-21-8-7-20-6-5-19-4-3-15-13(2)16/h12H,3-11H2,1-2H3,(H,15,16)(H,17,18). The molecule has 0 fully saturated rings. The Morgan fingerprint density at radius 2 is 1.50 bits per heavy atom. The van der Waals surface area contributed by atoms with Gasteiger partial charge in [-0.1, -0.05) is 6.92 Å². The minimum Gasteiger partial charge on any atom is -0.480 e. The van der Waals surface area contributed by atoms with Gasteiger partial charge in [0.1, 0.15) is 6.61 Å². The minimum absolute atomic E-state index is 0.0698. The molecule has 0 saturated carbocycles. The van der Waals surface area contributed by atoms with Gasteiger partial charge in [-0.2, -0.15) is 0 Å². The molecule has 1 unspecified atom stereocenters. The summed E-state index contributed by atoms with van der Waals surface area (Å²) in [4.78, 5) is 20.8. The number of nitrogens with one attached hydrogen (secondary N) is 1. The highest BCUT2D eigenvalue weighted by Gasteiger charge is 2.04. The van der Waals surface area contributed by atoms with E-state index in [0.29, 0.717) is 52.8 Å². The summed E-state index contributed by atoms with van der Waals surface area (Å²) in [7, 11) is 0. The van der Waals surface area contributed by atoms with E-state index >= 15 is 0 Å². The first-order chi connectivity index (χ1) is 10.5. The van der Waals surface area contributed by atoms with Crippen LogP contribution < -0.4 is 5.32 Å². The fraction of sp³-hybridized carbons (Fsp3) is 0.857. The van der Waals surface area contributed by atoms with Crippen LogP contribution in [0.2, 0.25) is 0 Å². The lowest BCUT2D eigenvalue weighted by Crippen LogP contribution is -2.25. The molecule has 1 atom stereocenters. The largest absolute Gasteiger partial charge is 0.480 e. The Balaban J connectivity index is 3.16. The van der Waals surface area contributed by atoms with E-state index in [9.17, 15) is 9.59 Å². The summed E-state index contributed by atoms with van der Waals surface area (Å²) in [6.45, 7) is 6.80. The predicted molar refractivity (Wildman–Crippen MR) is 78.8 cm³/mol. The Hall–Kier alpha value is -1.22. The molecular formula is C14H27NO7. The predicted octanol–water partition coefficient (Wildman–Crippen LogP) is -0.0904. The van der Waals surface area contributed by atoms with Crippen molar-refractivity contribution in [2.24, 2.45) is 5.92 Å². The Labute approximate surface area is 131 Å². The van der Waals surface area contributed by atoms with Crippen molar-refractivity contribution in [3.63, 3.8) is 0 Å². The topological polar surface area (TPSA) is 103 Å². The molecule has 1 amide bonds. The van der Waals surface area contributed by atoms with Gasteiger partial charge in [-0.15, -0.1) is 0 Å². The zero-order valence-electron chi connectivity index (χ0n) is 13.3. The number of carboxylic acids is 1. The third kappa shape index (κ3) is 16.8. The fourth-order valence-corrected chi connectivity index (χ4v) is 1.42. The van der Waals surface area contributed by atoms with Crippen LogP contribution >= 0.6 is 0 Å². The molecule has 0 heterocycles. The van der Waals surface area contributed by atoms with Gasteiger partial charge in [0, 0.05) is 19.4 Å². The van der Waals surface area contributed by atoms with Crippen molar-refractivity contribution in [3.05, 3.63) is 0 Å². The number of aliphatic carboxylic acids is 1. The average Bonchev–Trinajstić information content (AvgIpc) is 2.44. The maximum atomic E-state index is 10.6. The molecule has 22 heavy (non-hydrogen) atoms. The van der Waals surface area contributed by atoms with Crippen molar-refractivity contribution in [2.75, 3.05) is 59.4 Å². The molecule has 0 aliphatic rings. The molecule has 0 aromatic heterocycles. The second kappa shape index (κ2) is 14.7. The Morgan fingerprint density at radius 3 is 2.09 bits per heavy atom. The lowest BCUT2D eigenvalue weighted by Gasteiger charge is -2.12. The van der Waals surface area contributed by atoms with Gasteiger partial charge in [0.05, 0.1) is 46.2 Å². The molecule has 0 aliphatic carbocycles. The third-order valence-electron chi connectivity index (χ3n) is 2.39. The first-order valence-corrected chi connectivity index (χ1v) is 7.29. The van der Waals surface area contributed by atoms with Gasteiger partial charge in [-0.25, -0.2) is 4.79 Å². The Bertz CT molecular complexity index is 299. The minimum atomic E-state index is -0.971. The molecule has 0 aromatic rings. The number of amides is 1. The van der Waals surface area contributed by atoms with Crippen LogP contribution in [0.25, 0.3) is 0 Å². The van der Waals surface area contributed by atoms with E-state index in [1.54, 1.807) is 0 Å². The summed E-state index contributed by atoms with van der Waals surface area (Å²) in [6.07, 6.45) is 0. The average molecular weight is 321 g/mol. The molecule has 0 rings (SSSR count). The number of carbonyl (C=O) groups excluding carboxylic acids is 1. The van der Waals surface area contributed by atoms with Crippen LogP contribution in [-0.2, 0) is 28.5 Å². The summed E-state index contributed by atoms with van der Waals surface area (Å²) in [5, 5.41) is 11.0. The molecule has 8 heteroatoms. The maximum Gasteiger partial charge on any atom is 0.329 e. The van der Waals surface area contributed by atoms with Crippen molar-refractivity contribution in [3.8, 4) is 0 Å². The lowest BCUT2D eigenvalue weighted by atomic mass is 10.2. The highest BCUT2D eigenvalue weighted by Crippen LogP contribution is 1.97. The molecule has 0 radical (unpaired) electrons. The molecule has 0 aromatic carbocycles. The molecule has 0 aliphatic heterocycles. The number of ether oxygens (including phenoxy) is 4. The first-order valence-electron chi connectivity index (χ1n) is 7.29. The summed E-state index contributed by atoms with van der Waals surface area (Å²) < 4.78 is 20.9. The number of hydrogen-bond acceptors (Lipinski definition) is 6. The molecule has 8 nitrogen and oxygen atoms in total. The smallest absolute Gasteiger partial charge is 0.329 e. The second-order valence-corrected chi connectivity index (χ2v) is 4.80. The highest BCUT2D eigenvalue weighted by molar-refractivity contribution is 5.72. The van der Waals surface area contributed by atoms with E-state index in [4.69, 9.17) is 24.1 Å². The molecular weight excluding hydrogens is 294 g/mol.